The standard InChI is InChI=1S/C14H20N4O3/c1-9-10(8-16-13(15)17-9)12(21)18-14(7-11(19)20)5-3-2-4-6-14/h8H,2-7H2,1H3,(H,18,21)(H,19,20)(H2,15,16,17). The molecule has 7 heteroatoms. The Hall–Kier alpha value is -2.18. The first-order valence-corrected chi connectivity index (χ1v) is 7.05. The molecule has 1 aliphatic rings. The number of carbonyl (C=O) groups is 2. The van der Waals surface area contributed by atoms with Crippen LogP contribution < -0.4 is 11.1 Å². The fraction of sp³-hybridized carbons (Fsp3) is 0.571. The second-order valence-corrected chi connectivity index (χ2v) is 5.59. The van der Waals surface area contributed by atoms with Gasteiger partial charge in [0.15, 0.2) is 0 Å². The highest BCUT2D eigenvalue weighted by molar-refractivity contribution is 5.95. The maximum atomic E-state index is 12.4. The topological polar surface area (TPSA) is 118 Å². The molecular formula is C14H20N4O3. The molecule has 1 heterocycles. The van der Waals surface area contributed by atoms with Gasteiger partial charge in [-0.2, -0.15) is 0 Å². The molecule has 1 aromatic rings. The molecule has 0 unspecified atom stereocenters. The van der Waals surface area contributed by atoms with Crippen molar-refractivity contribution in [1.82, 2.24) is 15.3 Å². The maximum Gasteiger partial charge on any atom is 0.305 e. The zero-order valence-corrected chi connectivity index (χ0v) is 12.1. The van der Waals surface area contributed by atoms with E-state index in [1.54, 1.807) is 6.92 Å². The third-order valence-electron chi connectivity index (χ3n) is 3.92. The number of carboxylic acids is 1. The first-order chi connectivity index (χ1) is 9.92. The van der Waals surface area contributed by atoms with E-state index in [0.29, 0.717) is 24.1 Å². The Morgan fingerprint density at radius 1 is 1.38 bits per heavy atom. The van der Waals surface area contributed by atoms with Gasteiger partial charge < -0.3 is 16.2 Å². The monoisotopic (exact) mass is 292 g/mol. The molecule has 0 atom stereocenters. The molecule has 0 spiro atoms. The minimum atomic E-state index is -0.900. The first-order valence-electron chi connectivity index (χ1n) is 7.05. The van der Waals surface area contributed by atoms with Crippen LogP contribution in [-0.4, -0.2) is 32.5 Å². The largest absolute Gasteiger partial charge is 0.481 e. The molecular weight excluding hydrogens is 272 g/mol. The van der Waals surface area contributed by atoms with Crippen molar-refractivity contribution >= 4 is 17.8 Å². The van der Waals surface area contributed by atoms with Gasteiger partial charge in [-0.05, 0) is 19.8 Å². The van der Waals surface area contributed by atoms with Crippen LogP contribution in [0.2, 0.25) is 0 Å². The van der Waals surface area contributed by atoms with Gasteiger partial charge in [-0.25, -0.2) is 9.97 Å². The van der Waals surface area contributed by atoms with Crippen LogP contribution in [0.4, 0.5) is 5.95 Å². The number of hydrogen-bond donors (Lipinski definition) is 3. The number of nitrogens with zero attached hydrogens (tertiary/aromatic N) is 2. The third kappa shape index (κ3) is 3.68. The molecule has 0 aromatic carbocycles. The maximum absolute atomic E-state index is 12.4. The Morgan fingerprint density at radius 3 is 2.62 bits per heavy atom. The van der Waals surface area contributed by atoms with Crippen LogP contribution in [0.25, 0.3) is 0 Å². The summed E-state index contributed by atoms with van der Waals surface area (Å²) in [4.78, 5) is 31.3. The summed E-state index contributed by atoms with van der Waals surface area (Å²) >= 11 is 0. The van der Waals surface area contributed by atoms with Crippen molar-refractivity contribution in [2.45, 2.75) is 51.0 Å². The number of nitrogens with one attached hydrogen (secondary N) is 1. The normalized spacial score (nSPS) is 17.2. The first kappa shape index (κ1) is 15.2. The number of hydrogen-bond acceptors (Lipinski definition) is 5. The molecule has 114 valence electrons. The van der Waals surface area contributed by atoms with E-state index >= 15 is 0 Å². The average molecular weight is 292 g/mol. The smallest absolute Gasteiger partial charge is 0.305 e. The van der Waals surface area contributed by atoms with Crippen molar-refractivity contribution in [3.05, 3.63) is 17.5 Å². The molecule has 1 saturated carbocycles. The summed E-state index contributed by atoms with van der Waals surface area (Å²) < 4.78 is 0. The van der Waals surface area contributed by atoms with Crippen LogP contribution in [0.15, 0.2) is 6.20 Å². The van der Waals surface area contributed by atoms with Gasteiger partial charge in [0.25, 0.3) is 5.91 Å². The zero-order valence-electron chi connectivity index (χ0n) is 12.1. The highest BCUT2D eigenvalue weighted by Crippen LogP contribution is 2.31. The number of aliphatic carboxylic acids is 1. The van der Waals surface area contributed by atoms with Crippen LogP contribution in [0.5, 0.6) is 0 Å². The van der Waals surface area contributed by atoms with E-state index in [9.17, 15) is 9.59 Å². The SMILES string of the molecule is Cc1nc(N)ncc1C(=O)NC1(CC(=O)O)CCCCC1. The lowest BCUT2D eigenvalue weighted by atomic mass is 9.79. The highest BCUT2D eigenvalue weighted by atomic mass is 16.4. The molecule has 0 radical (unpaired) electrons. The molecule has 1 amide bonds. The second-order valence-electron chi connectivity index (χ2n) is 5.59. The van der Waals surface area contributed by atoms with Crippen LogP contribution in [0.1, 0.15) is 54.6 Å². The Morgan fingerprint density at radius 2 is 2.05 bits per heavy atom. The number of aryl methyl sites for hydroxylation is 1. The van der Waals surface area contributed by atoms with E-state index in [-0.39, 0.29) is 18.3 Å². The quantitative estimate of drug-likeness (QED) is 0.769. The minimum Gasteiger partial charge on any atom is -0.481 e. The number of nitrogen functional groups attached to an aromatic ring is 1. The van der Waals surface area contributed by atoms with Crippen LogP contribution in [0.3, 0.4) is 0 Å². The molecule has 1 aromatic heterocycles. The number of carbonyl (C=O) groups excluding carboxylic acids is 1. The summed E-state index contributed by atoms with van der Waals surface area (Å²) in [5, 5.41) is 12.0. The van der Waals surface area contributed by atoms with Crippen LogP contribution in [-0.2, 0) is 4.79 Å². The third-order valence-corrected chi connectivity index (χ3v) is 3.92. The number of carboxylic acid groups (broad SMARTS) is 1. The van der Waals surface area contributed by atoms with Gasteiger partial charge in [-0.1, -0.05) is 19.3 Å². The number of aromatic nitrogens is 2. The molecule has 21 heavy (non-hydrogen) atoms. The number of rotatable bonds is 4. The van der Waals surface area contributed by atoms with E-state index in [4.69, 9.17) is 10.8 Å². The van der Waals surface area contributed by atoms with Crippen molar-refractivity contribution in [3.8, 4) is 0 Å². The lowest BCUT2D eigenvalue weighted by Crippen LogP contribution is -2.51. The van der Waals surface area contributed by atoms with Gasteiger partial charge in [0, 0.05) is 6.20 Å². The molecule has 2 rings (SSSR count). The molecule has 0 aliphatic heterocycles. The Kier molecular flexibility index (Phi) is 4.40. The van der Waals surface area contributed by atoms with Crippen LogP contribution >= 0.6 is 0 Å². The summed E-state index contributed by atoms with van der Waals surface area (Å²) in [5.74, 6) is -1.12. The Balaban J connectivity index is 2.19. The summed E-state index contributed by atoms with van der Waals surface area (Å²) in [6, 6.07) is 0. The molecule has 0 saturated heterocycles. The fourth-order valence-electron chi connectivity index (χ4n) is 2.88. The van der Waals surface area contributed by atoms with Crippen molar-refractivity contribution in [2.24, 2.45) is 0 Å². The van der Waals surface area contributed by atoms with Gasteiger partial charge >= 0.3 is 5.97 Å². The van der Waals surface area contributed by atoms with Gasteiger partial charge in [-0.15, -0.1) is 0 Å². The van der Waals surface area contributed by atoms with E-state index < -0.39 is 11.5 Å². The fourth-order valence-corrected chi connectivity index (χ4v) is 2.88. The average Bonchev–Trinajstić information content (AvgIpc) is 2.38. The summed E-state index contributed by atoms with van der Waals surface area (Å²) in [6.45, 7) is 1.68. The van der Waals surface area contributed by atoms with Gasteiger partial charge in [0.2, 0.25) is 5.95 Å². The number of amides is 1. The van der Waals surface area contributed by atoms with Crippen molar-refractivity contribution in [1.29, 1.82) is 0 Å². The Bertz CT molecular complexity index is 553. The predicted octanol–water partition coefficient (Wildman–Crippen LogP) is 1.27. The van der Waals surface area contributed by atoms with E-state index in [0.717, 1.165) is 19.3 Å². The molecule has 1 aliphatic carbocycles. The molecule has 0 bridgehead atoms. The molecule has 7 nitrogen and oxygen atoms in total. The summed E-state index contributed by atoms with van der Waals surface area (Å²) in [6.07, 6.45) is 5.59. The minimum absolute atomic E-state index is 0.0619. The van der Waals surface area contributed by atoms with Gasteiger partial charge in [-0.3, -0.25) is 9.59 Å². The van der Waals surface area contributed by atoms with E-state index in [1.165, 1.54) is 6.20 Å². The Labute approximate surface area is 123 Å². The second kappa shape index (κ2) is 6.07. The van der Waals surface area contributed by atoms with Crippen molar-refractivity contribution in [2.75, 3.05) is 5.73 Å². The highest BCUT2D eigenvalue weighted by Gasteiger charge is 2.36. The molecule has 1 fully saturated rings. The predicted molar refractivity (Wildman–Crippen MR) is 76.7 cm³/mol. The van der Waals surface area contributed by atoms with Crippen LogP contribution in [0, 0.1) is 6.92 Å². The van der Waals surface area contributed by atoms with Gasteiger partial charge in [0.05, 0.1) is 23.2 Å². The van der Waals surface area contributed by atoms with E-state index in [2.05, 4.69) is 15.3 Å². The summed E-state index contributed by atoms with van der Waals surface area (Å²) in [7, 11) is 0. The van der Waals surface area contributed by atoms with Gasteiger partial charge in [0.1, 0.15) is 0 Å². The van der Waals surface area contributed by atoms with Crippen molar-refractivity contribution in [3.63, 3.8) is 0 Å². The lowest BCUT2D eigenvalue weighted by Gasteiger charge is -2.37. The van der Waals surface area contributed by atoms with E-state index in [1.807, 2.05) is 0 Å². The number of anilines is 1. The number of nitrogens with two attached hydrogens (primary N) is 1. The van der Waals surface area contributed by atoms with Crippen molar-refractivity contribution < 1.29 is 14.7 Å². The zero-order chi connectivity index (χ0) is 15.5. The summed E-state index contributed by atoms with van der Waals surface area (Å²) in [5.41, 5.74) is 5.62. The lowest BCUT2D eigenvalue weighted by molar-refractivity contribution is -0.139. The molecule has 4 N–H and O–H groups in total.